The van der Waals surface area contributed by atoms with E-state index >= 15 is 0 Å². The highest BCUT2D eigenvalue weighted by atomic mass is 35.5. The standard InChI is InChI=1S/C23H17ClN4O2S/c24-17-8-6-16(7-9-17)14-20-22(30)28(19-4-2-1-3-5-19)23(27-20)31-15-21(29)26-18-10-12-25-13-11-18/h1-14H,15H2,(H,25,26,29)/b20-14+. The number of rotatable bonds is 5. The first-order valence-corrected chi connectivity index (χ1v) is 10.7. The van der Waals surface area contributed by atoms with Gasteiger partial charge in [0.25, 0.3) is 5.91 Å². The summed E-state index contributed by atoms with van der Waals surface area (Å²) in [5, 5.41) is 3.86. The number of para-hydroxylation sites is 1. The van der Waals surface area contributed by atoms with E-state index in [0.29, 0.717) is 27.3 Å². The molecule has 0 saturated heterocycles. The zero-order valence-electron chi connectivity index (χ0n) is 16.2. The molecule has 1 N–H and O–H groups in total. The third-order valence-electron chi connectivity index (χ3n) is 4.31. The highest BCUT2D eigenvalue weighted by Gasteiger charge is 2.32. The molecule has 0 bridgehead atoms. The number of amides is 2. The summed E-state index contributed by atoms with van der Waals surface area (Å²) in [7, 11) is 0. The van der Waals surface area contributed by atoms with Gasteiger partial charge >= 0.3 is 0 Å². The number of thioether (sulfide) groups is 1. The van der Waals surface area contributed by atoms with Gasteiger partial charge in [-0.25, -0.2) is 4.99 Å². The minimum Gasteiger partial charge on any atom is -0.325 e. The number of hydrogen-bond donors (Lipinski definition) is 1. The predicted octanol–water partition coefficient (Wildman–Crippen LogP) is 4.85. The quantitative estimate of drug-likeness (QED) is 0.566. The van der Waals surface area contributed by atoms with Crippen LogP contribution >= 0.6 is 23.4 Å². The zero-order chi connectivity index (χ0) is 21.6. The number of hydrogen-bond acceptors (Lipinski definition) is 5. The van der Waals surface area contributed by atoms with Crippen LogP contribution in [0.25, 0.3) is 6.08 Å². The zero-order valence-corrected chi connectivity index (χ0v) is 17.8. The fraction of sp³-hybridized carbons (Fsp3) is 0.0435. The molecule has 0 radical (unpaired) electrons. The maximum Gasteiger partial charge on any atom is 0.283 e. The number of pyridine rings is 1. The molecule has 6 nitrogen and oxygen atoms in total. The Morgan fingerprint density at radius 3 is 2.45 bits per heavy atom. The van der Waals surface area contributed by atoms with Crippen LogP contribution in [0.3, 0.4) is 0 Å². The Labute approximate surface area is 188 Å². The van der Waals surface area contributed by atoms with Crippen LogP contribution in [0.1, 0.15) is 5.56 Å². The molecule has 1 aromatic heterocycles. The smallest absolute Gasteiger partial charge is 0.283 e. The number of carbonyl (C=O) groups is 2. The van der Waals surface area contributed by atoms with E-state index in [-0.39, 0.29) is 17.6 Å². The number of benzene rings is 2. The van der Waals surface area contributed by atoms with Crippen molar-refractivity contribution in [1.82, 2.24) is 4.98 Å². The normalized spacial score (nSPS) is 14.6. The minimum atomic E-state index is -0.252. The molecule has 2 amide bonds. The number of amidine groups is 1. The number of aliphatic imine (C=N–C) groups is 1. The van der Waals surface area contributed by atoms with Gasteiger partial charge in [0.1, 0.15) is 5.70 Å². The average Bonchev–Trinajstić information content (AvgIpc) is 3.10. The van der Waals surface area contributed by atoms with E-state index < -0.39 is 0 Å². The van der Waals surface area contributed by atoms with Crippen LogP contribution in [0.4, 0.5) is 11.4 Å². The maximum absolute atomic E-state index is 13.1. The molecular weight excluding hydrogens is 432 g/mol. The first-order chi connectivity index (χ1) is 15.1. The van der Waals surface area contributed by atoms with Crippen molar-refractivity contribution in [3.05, 3.63) is 95.4 Å². The van der Waals surface area contributed by atoms with Crippen LogP contribution in [0, 0.1) is 0 Å². The van der Waals surface area contributed by atoms with Crippen molar-refractivity contribution in [2.45, 2.75) is 0 Å². The lowest BCUT2D eigenvalue weighted by Crippen LogP contribution is -2.31. The molecule has 3 aromatic rings. The summed E-state index contributed by atoms with van der Waals surface area (Å²) in [5.41, 5.74) is 2.45. The van der Waals surface area contributed by atoms with Crippen LogP contribution in [-0.4, -0.2) is 27.7 Å². The van der Waals surface area contributed by atoms with E-state index in [2.05, 4.69) is 15.3 Å². The number of nitrogens with zero attached hydrogens (tertiary/aromatic N) is 3. The van der Waals surface area contributed by atoms with E-state index in [9.17, 15) is 9.59 Å². The lowest BCUT2D eigenvalue weighted by molar-refractivity contribution is -0.114. The Bertz CT molecular complexity index is 1150. The van der Waals surface area contributed by atoms with Crippen molar-refractivity contribution < 1.29 is 9.59 Å². The Hall–Kier alpha value is -3.42. The van der Waals surface area contributed by atoms with Crippen LogP contribution < -0.4 is 10.2 Å². The van der Waals surface area contributed by atoms with Crippen LogP contribution in [0.2, 0.25) is 5.02 Å². The first-order valence-electron chi connectivity index (χ1n) is 9.38. The van der Waals surface area contributed by atoms with Gasteiger partial charge in [-0.15, -0.1) is 0 Å². The fourth-order valence-electron chi connectivity index (χ4n) is 2.88. The molecule has 0 aliphatic carbocycles. The minimum absolute atomic E-state index is 0.103. The lowest BCUT2D eigenvalue weighted by Gasteiger charge is -2.17. The molecule has 31 heavy (non-hydrogen) atoms. The summed E-state index contributed by atoms with van der Waals surface area (Å²) >= 11 is 7.14. The third-order valence-corrected chi connectivity index (χ3v) is 5.50. The summed E-state index contributed by atoms with van der Waals surface area (Å²) in [6, 6.07) is 19.8. The maximum atomic E-state index is 13.1. The second kappa shape index (κ2) is 9.59. The second-order valence-electron chi connectivity index (χ2n) is 6.52. The molecule has 2 heterocycles. The van der Waals surface area contributed by atoms with Crippen molar-refractivity contribution in [2.75, 3.05) is 16.0 Å². The molecule has 1 aliphatic heterocycles. The molecule has 1 aliphatic rings. The van der Waals surface area contributed by atoms with Crippen LogP contribution in [0.15, 0.2) is 89.8 Å². The molecule has 0 atom stereocenters. The van der Waals surface area contributed by atoms with Crippen molar-refractivity contribution in [3.63, 3.8) is 0 Å². The van der Waals surface area contributed by atoms with Crippen LogP contribution in [0.5, 0.6) is 0 Å². The fourth-order valence-corrected chi connectivity index (χ4v) is 3.82. The topological polar surface area (TPSA) is 74.7 Å². The van der Waals surface area contributed by atoms with Gasteiger partial charge in [-0.2, -0.15) is 0 Å². The van der Waals surface area contributed by atoms with E-state index in [0.717, 1.165) is 5.56 Å². The van der Waals surface area contributed by atoms with Crippen molar-refractivity contribution in [1.29, 1.82) is 0 Å². The summed E-state index contributed by atoms with van der Waals surface area (Å²) in [6.07, 6.45) is 4.92. The highest BCUT2D eigenvalue weighted by Crippen LogP contribution is 2.29. The molecular formula is C23H17ClN4O2S. The van der Waals surface area contributed by atoms with E-state index in [1.807, 2.05) is 42.5 Å². The largest absolute Gasteiger partial charge is 0.325 e. The number of halogens is 1. The number of aromatic nitrogens is 1. The summed E-state index contributed by atoms with van der Waals surface area (Å²) in [5.74, 6) is -0.348. The molecule has 0 unspecified atom stereocenters. The van der Waals surface area contributed by atoms with E-state index in [1.54, 1.807) is 42.7 Å². The first kappa shape index (κ1) is 20.8. The van der Waals surface area contributed by atoms with Gasteiger partial charge in [0.05, 0.1) is 11.4 Å². The Kier molecular flexibility index (Phi) is 6.45. The summed E-state index contributed by atoms with van der Waals surface area (Å²) in [4.78, 5) is 35.4. The number of anilines is 2. The Balaban J connectivity index is 1.56. The molecule has 0 fully saturated rings. The second-order valence-corrected chi connectivity index (χ2v) is 7.90. The van der Waals surface area contributed by atoms with Crippen molar-refractivity contribution in [3.8, 4) is 0 Å². The SMILES string of the molecule is O=C(CSC1=N/C(=C/c2ccc(Cl)cc2)C(=O)N1c1ccccc1)Nc1ccncc1. The molecule has 4 rings (SSSR count). The van der Waals surface area contributed by atoms with E-state index in [4.69, 9.17) is 11.6 Å². The van der Waals surface area contributed by atoms with Gasteiger partial charge in [-0.05, 0) is 48.0 Å². The third kappa shape index (κ3) is 5.20. The van der Waals surface area contributed by atoms with Gasteiger partial charge in [-0.1, -0.05) is 53.7 Å². The van der Waals surface area contributed by atoms with Gasteiger partial charge in [0, 0.05) is 23.1 Å². The monoisotopic (exact) mass is 448 g/mol. The highest BCUT2D eigenvalue weighted by molar-refractivity contribution is 8.14. The average molecular weight is 449 g/mol. The molecule has 154 valence electrons. The Morgan fingerprint density at radius 1 is 1.03 bits per heavy atom. The number of carbonyl (C=O) groups excluding carboxylic acids is 2. The van der Waals surface area contributed by atoms with E-state index in [1.165, 1.54) is 16.7 Å². The van der Waals surface area contributed by atoms with Gasteiger partial charge in [0.2, 0.25) is 5.91 Å². The van der Waals surface area contributed by atoms with Gasteiger partial charge < -0.3 is 5.32 Å². The molecule has 8 heteroatoms. The van der Waals surface area contributed by atoms with Crippen molar-refractivity contribution >= 4 is 57.8 Å². The predicted molar refractivity (Wildman–Crippen MR) is 126 cm³/mol. The molecule has 0 spiro atoms. The molecule has 2 aromatic carbocycles. The lowest BCUT2D eigenvalue weighted by atomic mass is 10.2. The van der Waals surface area contributed by atoms with Gasteiger partial charge in [0.15, 0.2) is 5.17 Å². The Morgan fingerprint density at radius 2 is 1.74 bits per heavy atom. The summed E-state index contributed by atoms with van der Waals surface area (Å²) in [6.45, 7) is 0. The molecule has 0 saturated carbocycles. The van der Waals surface area contributed by atoms with Crippen LogP contribution in [-0.2, 0) is 9.59 Å². The number of nitrogens with one attached hydrogen (secondary N) is 1. The van der Waals surface area contributed by atoms with Crippen molar-refractivity contribution in [2.24, 2.45) is 4.99 Å². The van der Waals surface area contributed by atoms with Gasteiger partial charge in [-0.3, -0.25) is 19.5 Å². The summed E-state index contributed by atoms with van der Waals surface area (Å²) < 4.78 is 0.